The number of hydrogen-bond donors (Lipinski definition) is 1. The van der Waals surface area contributed by atoms with Crippen molar-refractivity contribution in [3.05, 3.63) is 94.8 Å². The molecule has 4 aromatic rings. The van der Waals surface area contributed by atoms with Crippen molar-refractivity contribution in [1.29, 1.82) is 0 Å². The molecule has 2 aromatic heterocycles. The highest BCUT2D eigenvalue weighted by atomic mass is 35.5. The first-order chi connectivity index (χ1) is 19.4. The van der Waals surface area contributed by atoms with Crippen LogP contribution in [0.15, 0.2) is 66.9 Å². The van der Waals surface area contributed by atoms with E-state index in [9.17, 15) is 13.6 Å². The largest absolute Gasteiger partial charge is 0.493 e. The number of aromatic nitrogens is 2. The summed E-state index contributed by atoms with van der Waals surface area (Å²) in [5, 5.41) is 3.39. The second-order valence-corrected chi connectivity index (χ2v) is 10.1. The van der Waals surface area contributed by atoms with Crippen molar-refractivity contribution in [2.45, 2.75) is 44.9 Å². The van der Waals surface area contributed by atoms with Crippen molar-refractivity contribution in [2.24, 2.45) is 0 Å². The number of benzene rings is 2. The summed E-state index contributed by atoms with van der Waals surface area (Å²) in [5.74, 6) is -0.445. The van der Waals surface area contributed by atoms with E-state index in [4.69, 9.17) is 21.1 Å². The summed E-state index contributed by atoms with van der Waals surface area (Å²) in [7, 11) is 0. The number of ether oxygens (including phenoxy) is 2. The summed E-state index contributed by atoms with van der Waals surface area (Å²) in [5.41, 5.74) is 2.58. The average molecular weight is 567 g/mol. The van der Waals surface area contributed by atoms with Crippen LogP contribution in [0.25, 0.3) is 11.0 Å². The normalized spacial score (nSPS) is 15.7. The first kappa shape index (κ1) is 27.6. The highest BCUT2D eigenvalue weighted by Gasteiger charge is 2.33. The van der Waals surface area contributed by atoms with Crippen molar-refractivity contribution in [3.8, 4) is 5.75 Å². The smallest absolute Gasteiger partial charge is 0.410 e. The number of rotatable bonds is 9. The molecule has 0 spiro atoms. The number of nitrogens with one attached hydrogen (secondary N) is 1. The van der Waals surface area contributed by atoms with Crippen molar-refractivity contribution in [3.63, 3.8) is 0 Å². The van der Waals surface area contributed by atoms with Crippen LogP contribution in [0.2, 0.25) is 5.15 Å². The zero-order chi connectivity index (χ0) is 28.1. The second kappa shape index (κ2) is 12.5. The van der Waals surface area contributed by atoms with Gasteiger partial charge in [-0.15, -0.1) is 0 Å². The molecule has 3 heterocycles. The second-order valence-electron chi connectivity index (χ2n) is 9.74. The summed E-state index contributed by atoms with van der Waals surface area (Å²) in [4.78, 5) is 22.8. The summed E-state index contributed by atoms with van der Waals surface area (Å²) >= 11 is 6.02. The molecule has 2 aromatic carbocycles. The molecule has 7 nitrogen and oxygen atoms in total. The summed E-state index contributed by atoms with van der Waals surface area (Å²) in [6.45, 7) is 2.84. The molecule has 1 amide bonds. The van der Waals surface area contributed by atoms with E-state index < -0.39 is 17.7 Å². The van der Waals surface area contributed by atoms with Crippen LogP contribution in [-0.2, 0) is 11.3 Å². The summed E-state index contributed by atoms with van der Waals surface area (Å²) in [6, 6.07) is 16.5. The average Bonchev–Trinajstić information content (AvgIpc) is 3.45. The van der Waals surface area contributed by atoms with E-state index >= 15 is 0 Å². The highest BCUT2D eigenvalue weighted by molar-refractivity contribution is 6.29. The third-order valence-corrected chi connectivity index (χ3v) is 7.07. The lowest BCUT2D eigenvalue weighted by molar-refractivity contribution is 0.0915. The van der Waals surface area contributed by atoms with Crippen molar-refractivity contribution in [2.75, 3.05) is 18.5 Å². The number of likely N-dealkylation sites (tertiary alicyclic amines) is 1. The Balaban J connectivity index is 1.23. The number of amides is 1. The predicted octanol–water partition coefficient (Wildman–Crippen LogP) is 7.30. The molecule has 1 aliphatic rings. The molecule has 10 heteroatoms. The fraction of sp³-hybridized carbons (Fsp3) is 0.300. The van der Waals surface area contributed by atoms with Crippen LogP contribution in [0, 0.1) is 11.6 Å². The van der Waals surface area contributed by atoms with Crippen LogP contribution in [0.5, 0.6) is 5.75 Å². The Morgan fingerprint density at radius 2 is 2.00 bits per heavy atom. The summed E-state index contributed by atoms with van der Waals surface area (Å²) < 4.78 is 40.6. The fourth-order valence-corrected chi connectivity index (χ4v) is 4.99. The van der Waals surface area contributed by atoms with Gasteiger partial charge in [-0.05, 0) is 55.7 Å². The number of fused-ring (bicyclic) bond motifs is 1. The zero-order valence-corrected chi connectivity index (χ0v) is 22.7. The Morgan fingerprint density at radius 1 is 1.18 bits per heavy atom. The van der Waals surface area contributed by atoms with E-state index in [0.29, 0.717) is 41.7 Å². The number of anilines is 1. The molecule has 208 valence electrons. The van der Waals surface area contributed by atoms with Crippen molar-refractivity contribution < 1.29 is 23.0 Å². The lowest BCUT2D eigenvalue weighted by Crippen LogP contribution is -2.31. The quantitative estimate of drug-likeness (QED) is 0.214. The Labute approximate surface area is 236 Å². The van der Waals surface area contributed by atoms with E-state index in [1.165, 1.54) is 12.1 Å². The van der Waals surface area contributed by atoms with Crippen LogP contribution in [-0.4, -0.2) is 40.2 Å². The molecule has 1 N–H and O–H groups in total. The van der Waals surface area contributed by atoms with E-state index in [2.05, 4.69) is 15.3 Å². The topological polar surface area (TPSA) is 76.6 Å². The number of nitrogens with zero attached hydrogens (tertiary/aromatic N) is 3. The van der Waals surface area contributed by atoms with Gasteiger partial charge in [0.05, 0.1) is 24.4 Å². The van der Waals surface area contributed by atoms with Crippen LogP contribution in [0.3, 0.4) is 0 Å². The summed E-state index contributed by atoms with van der Waals surface area (Å²) in [6.07, 6.45) is 2.65. The van der Waals surface area contributed by atoms with Gasteiger partial charge in [-0.25, -0.2) is 18.6 Å². The van der Waals surface area contributed by atoms with Gasteiger partial charge in [0.1, 0.15) is 34.5 Å². The minimum atomic E-state index is -0.531. The third kappa shape index (κ3) is 6.42. The lowest BCUT2D eigenvalue weighted by atomic mass is 10.0. The maximum atomic E-state index is 14.6. The Kier molecular flexibility index (Phi) is 8.60. The molecular weight excluding hydrogens is 538 g/mol. The first-order valence-electron chi connectivity index (χ1n) is 13.2. The third-order valence-electron chi connectivity index (χ3n) is 6.86. The molecule has 1 saturated heterocycles. The van der Waals surface area contributed by atoms with Crippen LogP contribution >= 0.6 is 11.6 Å². The molecule has 0 saturated carbocycles. The molecule has 0 radical (unpaired) electrons. The van der Waals surface area contributed by atoms with E-state index in [1.54, 1.807) is 23.1 Å². The van der Waals surface area contributed by atoms with Gasteiger partial charge in [0.15, 0.2) is 5.82 Å². The minimum absolute atomic E-state index is 0.162. The Hall–Kier alpha value is -3.98. The Bertz CT molecular complexity index is 1490. The van der Waals surface area contributed by atoms with Crippen LogP contribution in [0.1, 0.15) is 43.4 Å². The number of halogens is 3. The number of hydrogen-bond acceptors (Lipinski definition) is 6. The van der Waals surface area contributed by atoms with Gasteiger partial charge in [0.2, 0.25) is 0 Å². The van der Waals surface area contributed by atoms with Gasteiger partial charge in [0.25, 0.3) is 0 Å². The van der Waals surface area contributed by atoms with E-state index in [-0.39, 0.29) is 36.1 Å². The molecule has 0 bridgehead atoms. The molecule has 40 heavy (non-hydrogen) atoms. The standard InChI is InChI=1S/C30H29ClF2N4O3/c1-19(35-28-23(33)17-34-24-10-12-27(31)36-29(24)28)13-15-39-26-11-9-21(32)16-22(26)25-8-5-14-37(25)30(38)40-18-20-6-3-2-4-7-20/h2-4,6-7,9-12,16-17,19,25H,5,8,13-15,18H2,1H3,(H,34,35)/t19-,25-/m1/s1. The molecule has 2 atom stereocenters. The first-order valence-corrected chi connectivity index (χ1v) is 13.5. The molecule has 1 fully saturated rings. The fourth-order valence-electron chi connectivity index (χ4n) is 4.84. The van der Waals surface area contributed by atoms with Crippen LogP contribution in [0.4, 0.5) is 19.3 Å². The number of carbonyl (C=O) groups is 1. The molecule has 1 aliphatic heterocycles. The van der Waals surface area contributed by atoms with Gasteiger partial charge in [-0.1, -0.05) is 41.9 Å². The van der Waals surface area contributed by atoms with Gasteiger partial charge in [-0.2, -0.15) is 0 Å². The number of pyridine rings is 2. The van der Waals surface area contributed by atoms with E-state index in [1.807, 2.05) is 37.3 Å². The predicted molar refractivity (Wildman–Crippen MR) is 149 cm³/mol. The zero-order valence-electron chi connectivity index (χ0n) is 21.9. The van der Waals surface area contributed by atoms with Crippen LogP contribution < -0.4 is 10.1 Å². The van der Waals surface area contributed by atoms with E-state index in [0.717, 1.165) is 18.2 Å². The lowest BCUT2D eigenvalue weighted by Gasteiger charge is -2.26. The molecule has 0 unspecified atom stereocenters. The monoisotopic (exact) mass is 566 g/mol. The highest BCUT2D eigenvalue weighted by Crippen LogP contribution is 2.38. The molecule has 0 aliphatic carbocycles. The maximum absolute atomic E-state index is 14.6. The maximum Gasteiger partial charge on any atom is 0.410 e. The van der Waals surface area contributed by atoms with Gasteiger partial charge >= 0.3 is 6.09 Å². The Morgan fingerprint density at radius 3 is 2.83 bits per heavy atom. The minimum Gasteiger partial charge on any atom is -0.493 e. The van der Waals surface area contributed by atoms with Crippen molar-refractivity contribution >= 4 is 34.4 Å². The van der Waals surface area contributed by atoms with Crippen molar-refractivity contribution in [1.82, 2.24) is 14.9 Å². The number of carbonyl (C=O) groups excluding carboxylic acids is 1. The molecular formula is C30H29ClF2N4O3. The van der Waals surface area contributed by atoms with Gasteiger partial charge in [-0.3, -0.25) is 4.98 Å². The SMILES string of the molecule is C[C@H](CCOc1ccc(F)cc1[C@H]1CCCN1C(=O)OCc1ccccc1)Nc1c(F)cnc2ccc(Cl)nc12. The van der Waals surface area contributed by atoms with Gasteiger partial charge in [0, 0.05) is 24.6 Å². The van der Waals surface area contributed by atoms with Gasteiger partial charge < -0.3 is 19.7 Å². The molecule has 5 rings (SSSR count).